The molecule has 0 radical (unpaired) electrons. The maximum atomic E-state index is 13.5. The summed E-state index contributed by atoms with van der Waals surface area (Å²) >= 11 is 0. The highest BCUT2D eigenvalue weighted by Gasteiger charge is 2.14. The number of methoxy groups -OCH3 is 1. The minimum Gasteiger partial charge on any atom is -0.488 e. The second-order valence-electron chi connectivity index (χ2n) is 4.27. The van der Waals surface area contributed by atoms with Crippen LogP contribution >= 0.6 is 0 Å². The van der Waals surface area contributed by atoms with E-state index in [1.54, 1.807) is 0 Å². The summed E-state index contributed by atoms with van der Waals surface area (Å²) in [5, 5.41) is 0. The minimum absolute atomic E-state index is 0.162. The SMILES string of the molecule is COC(=O)c1ccc(N)cc1OCc1ccc(F)cc1F. The molecule has 0 amide bonds. The van der Waals surface area contributed by atoms with Gasteiger partial charge in [-0.05, 0) is 24.3 Å². The Bertz CT molecular complexity index is 674. The lowest BCUT2D eigenvalue weighted by Crippen LogP contribution is -2.07. The van der Waals surface area contributed by atoms with Crippen LogP contribution in [0.4, 0.5) is 14.5 Å². The summed E-state index contributed by atoms with van der Waals surface area (Å²) in [6.07, 6.45) is 0. The summed E-state index contributed by atoms with van der Waals surface area (Å²) < 4.78 is 36.4. The number of rotatable bonds is 4. The molecular formula is C15H13F2NO3. The quantitative estimate of drug-likeness (QED) is 0.695. The van der Waals surface area contributed by atoms with Crippen molar-refractivity contribution in [2.45, 2.75) is 6.61 Å². The predicted molar refractivity (Wildman–Crippen MR) is 72.9 cm³/mol. The maximum absolute atomic E-state index is 13.5. The third-order valence-corrected chi connectivity index (χ3v) is 2.81. The third kappa shape index (κ3) is 3.47. The molecule has 0 saturated heterocycles. The number of halogens is 2. The predicted octanol–water partition coefficient (Wildman–Crippen LogP) is 2.91. The van der Waals surface area contributed by atoms with Gasteiger partial charge in [0.2, 0.25) is 0 Å². The van der Waals surface area contributed by atoms with Gasteiger partial charge in [0.25, 0.3) is 0 Å². The first-order valence-electron chi connectivity index (χ1n) is 6.06. The van der Waals surface area contributed by atoms with Crippen molar-refractivity contribution < 1.29 is 23.0 Å². The lowest BCUT2D eigenvalue weighted by molar-refractivity contribution is 0.0595. The van der Waals surface area contributed by atoms with Crippen LogP contribution in [-0.2, 0) is 11.3 Å². The molecule has 2 aromatic carbocycles. The lowest BCUT2D eigenvalue weighted by Gasteiger charge is -2.11. The highest BCUT2D eigenvalue weighted by molar-refractivity contribution is 5.93. The first kappa shape index (κ1) is 14.8. The molecule has 21 heavy (non-hydrogen) atoms. The zero-order chi connectivity index (χ0) is 15.4. The molecule has 0 heterocycles. The molecule has 0 aromatic heterocycles. The molecule has 0 aliphatic rings. The van der Waals surface area contributed by atoms with Gasteiger partial charge < -0.3 is 15.2 Å². The molecule has 0 aliphatic heterocycles. The highest BCUT2D eigenvalue weighted by atomic mass is 19.1. The van der Waals surface area contributed by atoms with Crippen LogP contribution in [0.25, 0.3) is 0 Å². The van der Waals surface area contributed by atoms with Crippen molar-refractivity contribution in [2.24, 2.45) is 0 Å². The summed E-state index contributed by atoms with van der Waals surface area (Å²) in [4.78, 5) is 11.6. The number of carbonyl (C=O) groups excluding carboxylic acids is 1. The first-order valence-corrected chi connectivity index (χ1v) is 6.06. The van der Waals surface area contributed by atoms with Gasteiger partial charge in [0.15, 0.2) is 0 Å². The Balaban J connectivity index is 2.23. The van der Waals surface area contributed by atoms with E-state index in [1.165, 1.54) is 31.4 Å². The van der Waals surface area contributed by atoms with E-state index in [-0.39, 0.29) is 23.5 Å². The van der Waals surface area contributed by atoms with E-state index in [2.05, 4.69) is 4.74 Å². The fraction of sp³-hybridized carbons (Fsp3) is 0.133. The Morgan fingerprint density at radius 1 is 1.19 bits per heavy atom. The van der Waals surface area contributed by atoms with Crippen LogP contribution < -0.4 is 10.5 Å². The van der Waals surface area contributed by atoms with Crippen molar-refractivity contribution in [3.8, 4) is 5.75 Å². The second-order valence-corrected chi connectivity index (χ2v) is 4.27. The zero-order valence-corrected chi connectivity index (χ0v) is 11.2. The summed E-state index contributed by atoms with van der Waals surface area (Å²) in [5.41, 5.74) is 6.36. The van der Waals surface area contributed by atoms with Gasteiger partial charge in [0, 0.05) is 23.4 Å². The van der Waals surface area contributed by atoms with Crippen molar-refractivity contribution in [3.63, 3.8) is 0 Å². The van der Waals surface area contributed by atoms with Gasteiger partial charge in [-0.2, -0.15) is 0 Å². The Morgan fingerprint density at radius 2 is 1.95 bits per heavy atom. The minimum atomic E-state index is -0.724. The van der Waals surface area contributed by atoms with Crippen molar-refractivity contribution in [1.29, 1.82) is 0 Å². The monoisotopic (exact) mass is 293 g/mol. The summed E-state index contributed by atoms with van der Waals surface area (Å²) in [5.74, 6) is -1.82. The van der Waals surface area contributed by atoms with E-state index >= 15 is 0 Å². The number of hydrogen-bond donors (Lipinski definition) is 1. The summed E-state index contributed by atoms with van der Waals surface area (Å²) in [7, 11) is 1.24. The lowest BCUT2D eigenvalue weighted by atomic mass is 10.1. The molecule has 2 aromatic rings. The van der Waals surface area contributed by atoms with Gasteiger partial charge in [-0.3, -0.25) is 0 Å². The van der Waals surface area contributed by atoms with Gasteiger partial charge in [0.1, 0.15) is 29.6 Å². The van der Waals surface area contributed by atoms with E-state index in [0.29, 0.717) is 5.69 Å². The Kier molecular flexibility index (Phi) is 4.37. The van der Waals surface area contributed by atoms with Gasteiger partial charge in [-0.25, -0.2) is 13.6 Å². The molecule has 2 N–H and O–H groups in total. The molecule has 0 bridgehead atoms. The summed E-state index contributed by atoms with van der Waals surface area (Å²) in [6.45, 7) is -0.167. The van der Waals surface area contributed by atoms with Crippen molar-refractivity contribution in [3.05, 3.63) is 59.2 Å². The standard InChI is InChI=1S/C15H13F2NO3/c1-20-15(19)12-5-4-11(18)7-14(12)21-8-9-2-3-10(16)6-13(9)17/h2-7H,8,18H2,1H3. The van der Waals surface area contributed by atoms with E-state index in [4.69, 9.17) is 10.5 Å². The van der Waals surface area contributed by atoms with Gasteiger partial charge in [-0.15, -0.1) is 0 Å². The molecule has 0 unspecified atom stereocenters. The first-order chi connectivity index (χ1) is 10.0. The van der Waals surface area contributed by atoms with Gasteiger partial charge in [-0.1, -0.05) is 0 Å². The summed E-state index contributed by atoms with van der Waals surface area (Å²) in [6, 6.07) is 7.58. The molecule has 4 nitrogen and oxygen atoms in total. The fourth-order valence-electron chi connectivity index (χ4n) is 1.73. The van der Waals surface area contributed by atoms with E-state index in [0.717, 1.165) is 12.1 Å². The number of carbonyl (C=O) groups is 1. The van der Waals surface area contributed by atoms with Crippen LogP contribution in [0, 0.1) is 11.6 Å². The number of nitrogen functional groups attached to an aromatic ring is 1. The van der Waals surface area contributed by atoms with Crippen LogP contribution in [0.2, 0.25) is 0 Å². The Labute approximate surface area is 120 Å². The third-order valence-electron chi connectivity index (χ3n) is 2.81. The van der Waals surface area contributed by atoms with Crippen molar-refractivity contribution >= 4 is 11.7 Å². The number of nitrogens with two attached hydrogens (primary N) is 1. The molecule has 0 aliphatic carbocycles. The number of ether oxygens (including phenoxy) is 2. The molecule has 0 saturated carbocycles. The number of esters is 1. The largest absolute Gasteiger partial charge is 0.488 e. The van der Waals surface area contributed by atoms with Crippen molar-refractivity contribution in [1.82, 2.24) is 0 Å². The van der Waals surface area contributed by atoms with Gasteiger partial charge in [0.05, 0.1) is 7.11 Å². The molecule has 0 fully saturated rings. The van der Waals surface area contributed by atoms with E-state index in [9.17, 15) is 13.6 Å². The van der Waals surface area contributed by atoms with Crippen LogP contribution in [0.15, 0.2) is 36.4 Å². The molecule has 0 atom stereocenters. The fourth-order valence-corrected chi connectivity index (χ4v) is 1.73. The normalized spacial score (nSPS) is 10.2. The second kappa shape index (κ2) is 6.21. The Morgan fingerprint density at radius 3 is 2.62 bits per heavy atom. The molecule has 6 heteroatoms. The van der Waals surface area contributed by atoms with Crippen molar-refractivity contribution in [2.75, 3.05) is 12.8 Å². The van der Waals surface area contributed by atoms with Crippen LogP contribution in [0.3, 0.4) is 0 Å². The van der Waals surface area contributed by atoms with Crippen LogP contribution in [0.1, 0.15) is 15.9 Å². The topological polar surface area (TPSA) is 61.5 Å². The van der Waals surface area contributed by atoms with Gasteiger partial charge >= 0.3 is 5.97 Å². The van der Waals surface area contributed by atoms with Crippen LogP contribution in [0.5, 0.6) is 5.75 Å². The number of anilines is 1. The molecule has 0 spiro atoms. The zero-order valence-electron chi connectivity index (χ0n) is 11.2. The number of benzene rings is 2. The van der Waals surface area contributed by atoms with E-state index < -0.39 is 17.6 Å². The number of hydrogen-bond acceptors (Lipinski definition) is 4. The average molecular weight is 293 g/mol. The van der Waals surface area contributed by atoms with E-state index in [1.807, 2.05) is 0 Å². The highest BCUT2D eigenvalue weighted by Crippen LogP contribution is 2.24. The maximum Gasteiger partial charge on any atom is 0.341 e. The molecular weight excluding hydrogens is 280 g/mol. The van der Waals surface area contributed by atoms with Crippen LogP contribution in [-0.4, -0.2) is 13.1 Å². The molecule has 110 valence electrons. The molecule has 2 rings (SSSR count). The smallest absolute Gasteiger partial charge is 0.341 e. The average Bonchev–Trinajstić information content (AvgIpc) is 2.45. The Hall–Kier alpha value is -2.63.